The van der Waals surface area contributed by atoms with Gasteiger partial charge in [-0.15, -0.1) is 8.78 Å². The fourth-order valence-electron chi connectivity index (χ4n) is 1.46. The fourth-order valence-corrected chi connectivity index (χ4v) is 1.46. The molecule has 0 saturated heterocycles. The van der Waals surface area contributed by atoms with Gasteiger partial charge in [0.05, 0.1) is 6.54 Å². The third-order valence-electron chi connectivity index (χ3n) is 2.26. The fraction of sp³-hybridized carbons (Fsp3) is 0.364. The predicted octanol–water partition coefficient (Wildman–Crippen LogP) is 1.80. The molecule has 1 aromatic rings. The molecule has 0 spiro atoms. The van der Waals surface area contributed by atoms with Gasteiger partial charge in [-0.2, -0.15) is 0 Å². The molecule has 0 aromatic heterocycles. The first-order chi connectivity index (χ1) is 8.02. The van der Waals surface area contributed by atoms with E-state index in [9.17, 15) is 13.6 Å². The maximum atomic E-state index is 12.7. The minimum Gasteiger partial charge on any atom is -0.395 e. The summed E-state index contributed by atoms with van der Waals surface area (Å²) in [5, 5.41) is 2.86. The summed E-state index contributed by atoms with van der Waals surface area (Å²) in [5.41, 5.74) is 0.311. The van der Waals surface area contributed by atoms with Gasteiger partial charge in [0.25, 0.3) is 0 Å². The van der Waals surface area contributed by atoms with E-state index in [-0.39, 0.29) is 23.8 Å². The Kier molecular flexibility index (Phi) is 2.97. The van der Waals surface area contributed by atoms with E-state index in [1.807, 2.05) is 6.92 Å². The van der Waals surface area contributed by atoms with Gasteiger partial charge in [0.15, 0.2) is 17.3 Å². The lowest BCUT2D eigenvalue weighted by Gasteiger charge is -2.04. The van der Waals surface area contributed by atoms with Crippen molar-refractivity contribution < 1.29 is 23.0 Å². The number of halogens is 2. The minimum absolute atomic E-state index is 0.0602. The van der Waals surface area contributed by atoms with E-state index in [0.717, 1.165) is 0 Å². The summed E-state index contributed by atoms with van der Waals surface area (Å²) in [6.07, 6.45) is -3.65. The highest BCUT2D eigenvalue weighted by atomic mass is 19.3. The molecule has 1 heterocycles. The number of alkyl halides is 2. The molecule has 1 aliphatic heterocycles. The van der Waals surface area contributed by atoms with Crippen LogP contribution in [0.3, 0.4) is 0 Å². The molecule has 0 fully saturated rings. The summed E-state index contributed by atoms with van der Waals surface area (Å²) >= 11 is 0. The lowest BCUT2D eigenvalue weighted by molar-refractivity contribution is -0.286. The Labute approximate surface area is 96.5 Å². The zero-order valence-electron chi connectivity index (χ0n) is 9.13. The first kappa shape index (κ1) is 11.8. The van der Waals surface area contributed by atoms with Crippen LogP contribution in [0.5, 0.6) is 11.5 Å². The number of hydrogen-bond acceptors (Lipinski definition) is 4. The molecular formula is C11H11F2NO3. The van der Waals surface area contributed by atoms with Gasteiger partial charge >= 0.3 is 6.29 Å². The van der Waals surface area contributed by atoms with Gasteiger partial charge in [0.2, 0.25) is 0 Å². The van der Waals surface area contributed by atoms with Crippen LogP contribution in [0.25, 0.3) is 0 Å². The van der Waals surface area contributed by atoms with Crippen LogP contribution in [0.15, 0.2) is 18.2 Å². The van der Waals surface area contributed by atoms with Crippen LogP contribution in [0.2, 0.25) is 0 Å². The molecule has 92 valence electrons. The molecule has 6 heteroatoms. The van der Waals surface area contributed by atoms with Gasteiger partial charge in [-0.1, -0.05) is 6.92 Å². The molecule has 0 aliphatic carbocycles. The van der Waals surface area contributed by atoms with Crippen LogP contribution in [0.4, 0.5) is 8.78 Å². The summed E-state index contributed by atoms with van der Waals surface area (Å²) < 4.78 is 34.0. The molecule has 0 saturated carbocycles. The topological polar surface area (TPSA) is 47.6 Å². The molecule has 4 nitrogen and oxygen atoms in total. The summed E-state index contributed by atoms with van der Waals surface area (Å²) in [5.74, 6) is -0.360. The van der Waals surface area contributed by atoms with Crippen molar-refractivity contribution in [1.82, 2.24) is 5.32 Å². The Morgan fingerprint density at radius 2 is 2.06 bits per heavy atom. The zero-order valence-corrected chi connectivity index (χ0v) is 9.13. The Morgan fingerprint density at radius 3 is 2.76 bits per heavy atom. The van der Waals surface area contributed by atoms with Crippen molar-refractivity contribution in [1.29, 1.82) is 0 Å². The number of ketones is 1. The number of carbonyl (C=O) groups is 1. The molecule has 0 atom stereocenters. The third kappa shape index (κ3) is 2.52. The Bertz CT molecular complexity index is 448. The summed E-state index contributed by atoms with van der Waals surface area (Å²) in [6, 6.07) is 3.99. The second-order valence-electron chi connectivity index (χ2n) is 3.53. The van der Waals surface area contributed by atoms with Crippen molar-refractivity contribution in [2.45, 2.75) is 13.2 Å². The highest BCUT2D eigenvalue weighted by Crippen LogP contribution is 2.41. The number of hydrogen-bond donors (Lipinski definition) is 1. The molecule has 17 heavy (non-hydrogen) atoms. The van der Waals surface area contributed by atoms with E-state index < -0.39 is 6.29 Å². The van der Waals surface area contributed by atoms with E-state index in [2.05, 4.69) is 14.8 Å². The first-order valence-corrected chi connectivity index (χ1v) is 5.15. The predicted molar refractivity (Wildman–Crippen MR) is 55.5 cm³/mol. The van der Waals surface area contributed by atoms with E-state index in [0.29, 0.717) is 12.1 Å². The molecular weight excluding hydrogens is 232 g/mol. The number of rotatable bonds is 4. The quantitative estimate of drug-likeness (QED) is 0.819. The van der Waals surface area contributed by atoms with E-state index in [4.69, 9.17) is 0 Å². The molecule has 1 N–H and O–H groups in total. The molecule has 1 aliphatic rings. The van der Waals surface area contributed by atoms with Crippen LogP contribution >= 0.6 is 0 Å². The lowest BCUT2D eigenvalue weighted by Crippen LogP contribution is -2.26. The van der Waals surface area contributed by atoms with Crippen LogP contribution in [0, 0.1) is 0 Å². The molecule has 0 unspecified atom stereocenters. The Balaban J connectivity index is 2.16. The van der Waals surface area contributed by atoms with Crippen molar-refractivity contribution in [3.05, 3.63) is 23.8 Å². The van der Waals surface area contributed by atoms with Crippen molar-refractivity contribution >= 4 is 5.78 Å². The van der Waals surface area contributed by atoms with Crippen molar-refractivity contribution in [3.63, 3.8) is 0 Å². The largest absolute Gasteiger partial charge is 0.586 e. The van der Waals surface area contributed by atoms with Crippen molar-refractivity contribution in [2.75, 3.05) is 13.1 Å². The molecule has 0 amide bonds. The Hall–Kier alpha value is -1.69. The second kappa shape index (κ2) is 4.29. The summed E-state index contributed by atoms with van der Waals surface area (Å²) in [7, 11) is 0. The molecule has 0 bridgehead atoms. The second-order valence-corrected chi connectivity index (χ2v) is 3.53. The number of Topliss-reactive ketones (excluding diaryl/α,β-unsaturated/α-hetero) is 1. The SMILES string of the molecule is CCNCC(=O)c1ccc2c(c1)OC(F)(F)O2. The average Bonchev–Trinajstić information content (AvgIpc) is 2.58. The maximum Gasteiger partial charge on any atom is 0.586 e. The highest BCUT2D eigenvalue weighted by molar-refractivity contribution is 5.98. The zero-order chi connectivity index (χ0) is 12.5. The van der Waals surface area contributed by atoms with E-state index in [1.54, 1.807) is 0 Å². The summed E-state index contributed by atoms with van der Waals surface area (Å²) in [4.78, 5) is 11.6. The number of ether oxygens (including phenoxy) is 2. The van der Waals surface area contributed by atoms with Gasteiger partial charge in [-0.3, -0.25) is 4.79 Å². The highest BCUT2D eigenvalue weighted by Gasteiger charge is 2.43. The maximum absolute atomic E-state index is 12.7. The number of nitrogens with one attached hydrogen (secondary N) is 1. The standard InChI is InChI=1S/C11H11F2NO3/c1-2-14-6-8(15)7-3-4-9-10(5-7)17-11(12,13)16-9/h3-5,14H,2,6H2,1H3. The van der Waals surface area contributed by atoms with Gasteiger partial charge in [0.1, 0.15) is 0 Å². The van der Waals surface area contributed by atoms with Crippen LogP contribution in [-0.4, -0.2) is 25.2 Å². The molecule has 0 radical (unpaired) electrons. The van der Waals surface area contributed by atoms with Gasteiger partial charge in [-0.25, -0.2) is 0 Å². The average molecular weight is 243 g/mol. The van der Waals surface area contributed by atoms with Crippen LogP contribution in [0.1, 0.15) is 17.3 Å². The minimum atomic E-state index is -3.65. The lowest BCUT2D eigenvalue weighted by atomic mass is 10.1. The van der Waals surface area contributed by atoms with Crippen molar-refractivity contribution in [3.8, 4) is 11.5 Å². The van der Waals surface area contributed by atoms with Crippen LogP contribution < -0.4 is 14.8 Å². The third-order valence-corrected chi connectivity index (χ3v) is 2.26. The van der Waals surface area contributed by atoms with Gasteiger partial charge < -0.3 is 14.8 Å². The van der Waals surface area contributed by atoms with Crippen LogP contribution in [-0.2, 0) is 0 Å². The Morgan fingerprint density at radius 1 is 1.35 bits per heavy atom. The summed E-state index contributed by atoms with van der Waals surface area (Å²) in [6.45, 7) is 2.69. The van der Waals surface area contributed by atoms with Gasteiger partial charge in [0, 0.05) is 5.56 Å². The first-order valence-electron chi connectivity index (χ1n) is 5.15. The molecule has 1 aromatic carbocycles. The number of fused-ring (bicyclic) bond motifs is 1. The van der Waals surface area contributed by atoms with E-state index in [1.165, 1.54) is 18.2 Å². The van der Waals surface area contributed by atoms with Crippen molar-refractivity contribution in [2.24, 2.45) is 0 Å². The smallest absolute Gasteiger partial charge is 0.395 e. The van der Waals surface area contributed by atoms with E-state index >= 15 is 0 Å². The number of likely N-dealkylation sites (N-methyl/N-ethyl adjacent to an activating group) is 1. The molecule has 2 rings (SSSR count). The number of carbonyl (C=O) groups excluding carboxylic acids is 1. The normalized spacial score (nSPS) is 15.9. The number of benzene rings is 1. The monoisotopic (exact) mass is 243 g/mol. The van der Waals surface area contributed by atoms with Gasteiger partial charge in [-0.05, 0) is 24.7 Å².